The molecule has 0 amide bonds. The van der Waals surface area contributed by atoms with Gasteiger partial charge in [0.05, 0.1) is 22.2 Å². The average molecular weight is 1060 g/mol. The van der Waals surface area contributed by atoms with Crippen LogP contribution in [0, 0.1) is 0 Å². The molecule has 84 heavy (non-hydrogen) atoms. The molecule has 0 radical (unpaired) electrons. The molecule has 19 rings (SSSR count). The molecule has 6 heterocycles. The third-order valence-corrected chi connectivity index (χ3v) is 19.2. The Labute approximate surface area is 487 Å². The van der Waals surface area contributed by atoms with Crippen molar-refractivity contribution in [3.8, 4) is 55.9 Å². The van der Waals surface area contributed by atoms with Crippen LogP contribution in [0.1, 0.15) is 22.6 Å². The zero-order valence-corrected chi connectivity index (χ0v) is 45.8. The van der Waals surface area contributed by atoms with Crippen LogP contribution in [0.15, 0.2) is 291 Å². The molecule has 1 unspecified atom stereocenters. The molecule has 0 aliphatic carbocycles. The van der Waals surface area contributed by atoms with Crippen molar-refractivity contribution in [3.63, 3.8) is 0 Å². The van der Waals surface area contributed by atoms with Crippen LogP contribution in [0.5, 0.6) is 0 Å². The lowest BCUT2D eigenvalue weighted by atomic mass is 9.30. The topological polar surface area (TPSA) is 13.1 Å². The van der Waals surface area contributed by atoms with E-state index in [4.69, 9.17) is 0 Å². The van der Waals surface area contributed by atoms with Gasteiger partial charge >= 0.3 is 0 Å². The maximum atomic E-state index is 2.71. The van der Waals surface area contributed by atoms with Crippen molar-refractivity contribution in [3.05, 3.63) is 308 Å². The fourth-order valence-corrected chi connectivity index (χ4v) is 15.8. The number of benzene rings is 13. The van der Waals surface area contributed by atoms with Crippen LogP contribution in [0.2, 0.25) is 0 Å². The number of rotatable bonds is 6. The second-order valence-corrected chi connectivity index (χ2v) is 23.4. The summed E-state index contributed by atoms with van der Waals surface area (Å²) < 4.78 is 5.41. The second kappa shape index (κ2) is 17.5. The summed E-state index contributed by atoms with van der Waals surface area (Å²) in [5.41, 5.74) is 33.0. The fraction of sp³-hybridized carbons (Fsp3) is 0.0127. The first-order valence-corrected chi connectivity index (χ1v) is 29.5. The van der Waals surface area contributed by atoms with Gasteiger partial charge in [0, 0.05) is 61.3 Å². The molecule has 0 N–H and O–H groups in total. The first-order valence-electron chi connectivity index (χ1n) is 29.5. The molecule has 0 saturated carbocycles. The highest BCUT2D eigenvalue weighted by Crippen LogP contribution is 2.50. The van der Waals surface area contributed by atoms with E-state index in [9.17, 15) is 0 Å². The van der Waals surface area contributed by atoms with Crippen LogP contribution in [0.3, 0.4) is 0 Å². The lowest BCUT2D eigenvalue weighted by molar-refractivity contribution is 0.987. The van der Waals surface area contributed by atoms with E-state index < -0.39 is 0 Å². The highest BCUT2D eigenvalue weighted by atomic mass is 15.2. The minimum atomic E-state index is -0.108. The van der Waals surface area contributed by atoms with Crippen LogP contribution in [-0.4, -0.2) is 22.6 Å². The standard InChI is InChI=1S/C79H49B2N3/c1-7-23-49(24-8-1)54-39-41-57-62-45-60(51-27-11-3-12-28-51)74-73(53-31-15-5-16-32-53)59-35-19-20-36-64(59)80-66-47-72-67(48-71(66)83(69(57)43-54)78(62)75(74)80)81-65-37-21-22-38-68(65)82(56-33-17-6-18-34-56)77-61(52-29-13-4-14-30-52)46-63-58-42-40-55(50-25-9-2-10-26-50)44-70(58)84(72)79(63)76(77)81/h1-48,73H. The molecule has 0 bridgehead atoms. The highest BCUT2D eigenvalue weighted by molar-refractivity contribution is 7.02. The number of nitrogens with zero attached hydrogens (tertiary/aromatic N) is 3. The van der Waals surface area contributed by atoms with Crippen molar-refractivity contribution in [1.82, 2.24) is 9.13 Å². The van der Waals surface area contributed by atoms with E-state index in [0.29, 0.717) is 0 Å². The van der Waals surface area contributed by atoms with Crippen LogP contribution in [-0.2, 0) is 0 Å². The van der Waals surface area contributed by atoms with Gasteiger partial charge in [0.15, 0.2) is 0 Å². The summed E-state index contributed by atoms with van der Waals surface area (Å²) in [5.74, 6) is -0.00129. The third kappa shape index (κ3) is 6.28. The molecule has 2 aromatic heterocycles. The van der Waals surface area contributed by atoms with E-state index in [1.807, 2.05) is 0 Å². The molecule has 4 aliphatic rings. The first-order chi connectivity index (χ1) is 41.7. The average Bonchev–Trinajstić information content (AvgIpc) is 3.48. The Morgan fingerprint density at radius 2 is 0.750 bits per heavy atom. The Hall–Kier alpha value is -10.6. The van der Waals surface area contributed by atoms with E-state index in [2.05, 4.69) is 305 Å². The van der Waals surface area contributed by atoms with Crippen molar-refractivity contribution in [2.45, 2.75) is 5.92 Å². The quantitative estimate of drug-likeness (QED) is 0.151. The van der Waals surface area contributed by atoms with Gasteiger partial charge in [-0.1, -0.05) is 242 Å². The molecule has 0 fully saturated rings. The number of fused-ring (bicyclic) bond motifs is 16. The molecule has 5 heteroatoms. The largest absolute Gasteiger partial charge is 0.311 e. The molecule has 0 saturated heterocycles. The predicted octanol–water partition coefficient (Wildman–Crippen LogP) is 15.5. The summed E-state index contributed by atoms with van der Waals surface area (Å²) in [6, 6.07) is 110. The van der Waals surface area contributed by atoms with Gasteiger partial charge in [-0.05, 0) is 138 Å². The molecular weight excluding hydrogens is 1010 g/mol. The van der Waals surface area contributed by atoms with E-state index in [1.165, 1.54) is 160 Å². The van der Waals surface area contributed by atoms with Gasteiger partial charge in [-0.2, -0.15) is 0 Å². The van der Waals surface area contributed by atoms with Gasteiger partial charge in [-0.3, -0.25) is 0 Å². The van der Waals surface area contributed by atoms with E-state index >= 15 is 0 Å². The van der Waals surface area contributed by atoms with Gasteiger partial charge in [0.1, 0.15) is 0 Å². The maximum Gasteiger partial charge on any atom is 0.252 e. The number of para-hydroxylation sites is 2. The van der Waals surface area contributed by atoms with E-state index in [0.717, 1.165) is 5.69 Å². The Bertz CT molecular complexity index is 4920. The summed E-state index contributed by atoms with van der Waals surface area (Å²) in [6.45, 7) is -0.182. The van der Waals surface area contributed by atoms with E-state index in [-0.39, 0.29) is 19.3 Å². The molecule has 0 spiro atoms. The maximum absolute atomic E-state index is 2.71. The van der Waals surface area contributed by atoms with Crippen molar-refractivity contribution in [2.24, 2.45) is 0 Å². The minimum absolute atomic E-state index is 0.00129. The van der Waals surface area contributed by atoms with Crippen LogP contribution in [0.25, 0.3) is 99.5 Å². The fourth-order valence-electron chi connectivity index (χ4n) is 15.8. The lowest BCUT2D eigenvalue weighted by Gasteiger charge is -2.42. The van der Waals surface area contributed by atoms with Gasteiger partial charge < -0.3 is 14.0 Å². The minimum Gasteiger partial charge on any atom is -0.311 e. The summed E-state index contributed by atoms with van der Waals surface area (Å²) in [4.78, 5) is 2.57. The molecule has 3 nitrogen and oxygen atoms in total. The Morgan fingerprint density at radius 3 is 1.33 bits per heavy atom. The zero-order valence-electron chi connectivity index (χ0n) is 45.8. The smallest absolute Gasteiger partial charge is 0.252 e. The SMILES string of the molecule is c1ccc(-c2ccc3c4cc(-c5ccccc5)c5c6c4n(c3c2)-c2cc3c(cc2B6c2ccccc2C5c2ccccc2)-n2c4cc(-c5ccccc5)ccc4c4cc(-c5ccccc5)c5c(c42)B3c2ccccc2N5c2ccccc2)cc1. The summed E-state index contributed by atoms with van der Waals surface area (Å²) in [5, 5.41) is 5.06. The van der Waals surface area contributed by atoms with E-state index in [1.54, 1.807) is 0 Å². The zero-order chi connectivity index (χ0) is 54.7. The number of anilines is 3. The molecule has 13 aromatic carbocycles. The van der Waals surface area contributed by atoms with Gasteiger partial charge in [-0.25, -0.2) is 0 Å². The van der Waals surface area contributed by atoms with Gasteiger partial charge in [-0.15, -0.1) is 0 Å². The van der Waals surface area contributed by atoms with Crippen molar-refractivity contribution < 1.29 is 0 Å². The number of hydrogen-bond donors (Lipinski definition) is 0. The molecule has 4 aliphatic heterocycles. The van der Waals surface area contributed by atoms with Crippen molar-refractivity contribution in [2.75, 3.05) is 4.90 Å². The lowest BCUT2D eigenvalue weighted by Crippen LogP contribution is -2.63. The van der Waals surface area contributed by atoms with Crippen LogP contribution >= 0.6 is 0 Å². The van der Waals surface area contributed by atoms with Gasteiger partial charge in [0.25, 0.3) is 6.71 Å². The molecule has 15 aromatic rings. The highest BCUT2D eigenvalue weighted by Gasteiger charge is 2.48. The van der Waals surface area contributed by atoms with Crippen molar-refractivity contribution >= 4 is 107 Å². The van der Waals surface area contributed by atoms with Gasteiger partial charge in [0.2, 0.25) is 6.71 Å². The predicted molar refractivity (Wildman–Crippen MR) is 355 cm³/mol. The first kappa shape index (κ1) is 46.0. The Balaban J connectivity index is 1.01. The van der Waals surface area contributed by atoms with Crippen LogP contribution < -0.4 is 37.7 Å². The number of hydrogen-bond acceptors (Lipinski definition) is 1. The monoisotopic (exact) mass is 1060 g/mol. The Morgan fingerprint density at radius 1 is 0.298 bits per heavy atom. The second-order valence-electron chi connectivity index (χ2n) is 23.4. The third-order valence-electron chi connectivity index (χ3n) is 19.2. The Kier molecular flexibility index (Phi) is 9.57. The molecular formula is C79H49B2N3. The van der Waals surface area contributed by atoms with Crippen molar-refractivity contribution in [1.29, 1.82) is 0 Å². The molecule has 1 atom stereocenters. The van der Waals surface area contributed by atoms with Crippen LogP contribution in [0.4, 0.5) is 17.1 Å². The number of aromatic nitrogens is 2. The summed E-state index contributed by atoms with van der Waals surface area (Å²) in [7, 11) is 0. The summed E-state index contributed by atoms with van der Waals surface area (Å²) in [6.07, 6.45) is 0. The normalized spacial score (nSPS) is 14.0. The summed E-state index contributed by atoms with van der Waals surface area (Å²) >= 11 is 0. The molecule has 386 valence electrons.